The lowest BCUT2D eigenvalue weighted by Gasteiger charge is -2.43. The summed E-state index contributed by atoms with van der Waals surface area (Å²) in [6, 6.07) is 23.0. The summed E-state index contributed by atoms with van der Waals surface area (Å²) in [6.07, 6.45) is 1.54. The van der Waals surface area contributed by atoms with Gasteiger partial charge in [0.2, 0.25) is 5.58 Å². The molecule has 7 heteroatoms. The van der Waals surface area contributed by atoms with Gasteiger partial charge in [-0.05, 0) is 35.3 Å². The number of ether oxygens (including phenoxy) is 1. The minimum Gasteiger partial charge on any atom is -0.403 e. The molecule has 1 saturated heterocycles. The fraction of sp³-hybridized carbons (Fsp3) is 0.367. The number of aromatic nitrogens is 1. The Morgan fingerprint density at radius 2 is 1.54 bits per heavy atom. The number of benzene rings is 3. The molecule has 3 aromatic carbocycles. The number of hydrogen-bond acceptors (Lipinski definition) is 5. The summed E-state index contributed by atoms with van der Waals surface area (Å²) in [5.41, 5.74) is 1.49. The Balaban J connectivity index is 1.64. The Kier molecular flexibility index (Phi) is 6.96. The van der Waals surface area contributed by atoms with Crippen molar-refractivity contribution in [1.82, 2.24) is 5.16 Å². The second-order valence-corrected chi connectivity index (χ2v) is 15.4. The maximum Gasteiger partial charge on any atom is 0.261 e. The van der Waals surface area contributed by atoms with Gasteiger partial charge in [0.1, 0.15) is 0 Å². The molecule has 0 unspecified atom stereocenters. The molecule has 0 saturated carbocycles. The van der Waals surface area contributed by atoms with Crippen molar-refractivity contribution < 1.29 is 18.1 Å². The molecule has 0 N–H and O–H groups in total. The summed E-state index contributed by atoms with van der Waals surface area (Å²) in [5, 5.41) is 6.71. The van der Waals surface area contributed by atoms with Crippen molar-refractivity contribution in [1.29, 1.82) is 0 Å². The van der Waals surface area contributed by atoms with Crippen LogP contribution in [0.1, 0.15) is 40.2 Å². The quantitative estimate of drug-likeness (QED) is 0.309. The predicted octanol–water partition coefficient (Wildman–Crippen LogP) is 5.66. The fourth-order valence-electron chi connectivity index (χ4n) is 5.78. The summed E-state index contributed by atoms with van der Waals surface area (Å²) < 4.78 is 34.5. The number of anilines is 1. The zero-order valence-electron chi connectivity index (χ0n) is 22.2. The zero-order chi connectivity index (χ0) is 26.2. The van der Waals surface area contributed by atoms with Crippen LogP contribution in [-0.2, 0) is 15.8 Å². The van der Waals surface area contributed by atoms with Crippen LogP contribution in [0.2, 0.25) is 5.04 Å². The predicted molar refractivity (Wildman–Crippen MR) is 149 cm³/mol. The third-order valence-corrected chi connectivity index (χ3v) is 12.2. The van der Waals surface area contributed by atoms with Gasteiger partial charge >= 0.3 is 0 Å². The summed E-state index contributed by atoms with van der Waals surface area (Å²) in [6.45, 7) is 12.2. The Bertz CT molecular complexity index is 1300. The lowest BCUT2D eigenvalue weighted by Crippen LogP contribution is -2.66. The third-order valence-electron chi connectivity index (χ3n) is 7.24. The van der Waals surface area contributed by atoms with E-state index in [0.717, 1.165) is 5.56 Å². The average molecular weight is 519 g/mol. The molecular formula is C30H35FN2O3Si. The Labute approximate surface area is 219 Å². The van der Waals surface area contributed by atoms with Gasteiger partial charge < -0.3 is 18.6 Å². The standard InChI is InChI=1S/C30H35FN2O3Si/c1-21-18-33(19-22(2)35-21)28-24(16-23-17-32-36-29(23)27(28)31)20-34-37(30(3,4)5,25-12-8-6-9-13-25)26-14-10-7-11-15-26/h6-17,21-22H,18-20H2,1-5H3/t21-,22+. The minimum absolute atomic E-state index is 0.0148. The van der Waals surface area contributed by atoms with E-state index in [1.54, 1.807) is 6.20 Å². The Morgan fingerprint density at radius 1 is 0.973 bits per heavy atom. The summed E-state index contributed by atoms with van der Waals surface area (Å²) in [4.78, 5) is 2.07. The van der Waals surface area contributed by atoms with E-state index in [4.69, 9.17) is 13.7 Å². The molecule has 0 aliphatic carbocycles. The molecule has 2 atom stereocenters. The number of morpholine rings is 1. The van der Waals surface area contributed by atoms with Crippen molar-refractivity contribution in [3.8, 4) is 0 Å². The molecule has 1 aromatic heterocycles. The maximum atomic E-state index is 16.0. The van der Waals surface area contributed by atoms with Gasteiger partial charge in [0.15, 0.2) is 5.82 Å². The number of rotatable bonds is 6. The van der Waals surface area contributed by atoms with Crippen LogP contribution in [0.5, 0.6) is 0 Å². The van der Waals surface area contributed by atoms with Gasteiger partial charge in [0.05, 0.1) is 30.7 Å². The van der Waals surface area contributed by atoms with E-state index in [9.17, 15) is 0 Å². The highest BCUT2D eigenvalue weighted by molar-refractivity contribution is 6.99. The van der Waals surface area contributed by atoms with Crippen LogP contribution in [0.3, 0.4) is 0 Å². The zero-order valence-corrected chi connectivity index (χ0v) is 23.2. The molecule has 5 rings (SSSR count). The van der Waals surface area contributed by atoms with E-state index in [2.05, 4.69) is 79.4 Å². The topological polar surface area (TPSA) is 47.7 Å². The second kappa shape index (κ2) is 10.0. The van der Waals surface area contributed by atoms with Crippen LogP contribution in [-0.4, -0.2) is 38.8 Å². The highest BCUT2D eigenvalue weighted by atomic mass is 28.4. The largest absolute Gasteiger partial charge is 0.403 e. The Morgan fingerprint density at radius 3 is 2.08 bits per heavy atom. The van der Waals surface area contributed by atoms with E-state index in [0.29, 0.717) is 24.2 Å². The van der Waals surface area contributed by atoms with Crippen molar-refractivity contribution >= 4 is 35.3 Å². The first-order chi connectivity index (χ1) is 17.7. The number of fused-ring (bicyclic) bond motifs is 1. The molecule has 1 aliphatic rings. The smallest absolute Gasteiger partial charge is 0.261 e. The molecule has 5 nitrogen and oxygen atoms in total. The molecule has 1 aliphatic heterocycles. The van der Waals surface area contributed by atoms with Crippen molar-refractivity contribution in [3.63, 3.8) is 0 Å². The van der Waals surface area contributed by atoms with Gasteiger partial charge in [-0.15, -0.1) is 0 Å². The molecule has 2 heterocycles. The third kappa shape index (κ3) is 4.72. The first-order valence-corrected chi connectivity index (χ1v) is 14.8. The molecule has 0 bridgehead atoms. The first-order valence-electron chi connectivity index (χ1n) is 12.9. The lowest BCUT2D eigenvalue weighted by molar-refractivity contribution is -0.00548. The molecule has 0 spiro atoms. The van der Waals surface area contributed by atoms with Gasteiger partial charge in [-0.3, -0.25) is 0 Å². The van der Waals surface area contributed by atoms with Crippen LogP contribution >= 0.6 is 0 Å². The molecule has 0 radical (unpaired) electrons. The van der Waals surface area contributed by atoms with E-state index >= 15 is 4.39 Å². The van der Waals surface area contributed by atoms with E-state index < -0.39 is 14.1 Å². The van der Waals surface area contributed by atoms with Crippen LogP contribution in [0.25, 0.3) is 11.0 Å². The van der Waals surface area contributed by atoms with Crippen molar-refractivity contribution in [3.05, 3.63) is 84.3 Å². The number of hydrogen-bond donors (Lipinski definition) is 0. The number of nitrogens with zero attached hydrogens (tertiary/aromatic N) is 2. The molecule has 37 heavy (non-hydrogen) atoms. The van der Waals surface area contributed by atoms with E-state index in [1.165, 1.54) is 10.4 Å². The van der Waals surface area contributed by atoms with E-state index in [-0.39, 0.29) is 29.4 Å². The van der Waals surface area contributed by atoms with Crippen molar-refractivity contribution in [2.45, 2.75) is 58.5 Å². The van der Waals surface area contributed by atoms with Crippen LogP contribution in [0.15, 0.2) is 77.4 Å². The molecule has 194 valence electrons. The highest BCUT2D eigenvalue weighted by Crippen LogP contribution is 2.39. The highest BCUT2D eigenvalue weighted by Gasteiger charge is 2.50. The minimum atomic E-state index is -2.81. The van der Waals surface area contributed by atoms with Gasteiger partial charge in [0, 0.05) is 24.0 Å². The number of halogens is 1. The van der Waals surface area contributed by atoms with Gasteiger partial charge in [-0.25, -0.2) is 4.39 Å². The molecule has 1 fully saturated rings. The lowest BCUT2D eigenvalue weighted by atomic mass is 10.1. The van der Waals surface area contributed by atoms with Gasteiger partial charge in [-0.1, -0.05) is 86.6 Å². The van der Waals surface area contributed by atoms with Crippen LogP contribution < -0.4 is 15.3 Å². The fourth-order valence-corrected chi connectivity index (χ4v) is 10.3. The van der Waals surface area contributed by atoms with E-state index in [1.807, 2.05) is 32.0 Å². The Hall–Kier alpha value is -3.00. The molecule has 0 amide bonds. The summed E-state index contributed by atoms with van der Waals surface area (Å²) >= 11 is 0. The van der Waals surface area contributed by atoms with Crippen molar-refractivity contribution in [2.24, 2.45) is 0 Å². The average Bonchev–Trinajstić information content (AvgIpc) is 3.33. The first kappa shape index (κ1) is 25.6. The van der Waals surface area contributed by atoms with Gasteiger partial charge in [-0.2, -0.15) is 0 Å². The molecular weight excluding hydrogens is 483 g/mol. The van der Waals surface area contributed by atoms with Gasteiger partial charge in [0.25, 0.3) is 8.32 Å². The summed E-state index contributed by atoms with van der Waals surface area (Å²) in [5.74, 6) is -0.391. The normalized spacial score (nSPS) is 18.9. The monoisotopic (exact) mass is 518 g/mol. The SMILES string of the molecule is C[C@@H]1CN(c2c(CO[Si](c3ccccc3)(c3ccccc3)C(C)(C)C)cc3cnoc3c2F)C[C@H](C)O1. The van der Waals surface area contributed by atoms with Crippen molar-refractivity contribution in [2.75, 3.05) is 18.0 Å². The maximum absolute atomic E-state index is 16.0. The summed E-state index contributed by atoms with van der Waals surface area (Å²) in [7, 11) is -2.81. The van der Waals surface area contributed by atoms with Crippen LogP contribution in [0, 0.1) is 5.82 Å². The molecule has 4 aromatic rings. The van der Waals surface area contributed by atoms with Crippen LogP contribution in [0.4, 0.5) is 10.1 Å². The second-order valence-electron chi connectivity index (χ2n) is 11.1.